The average molecular weight is 327 g/mol. The minimum atomic E-state index is -0.935. The van der Waals surface area contributed by atoms with Crippen LogP contribution < -0.4 is 0 Å². The highest BCUT2D eigenvalue weighted by molar-refractivity contribution is 8.00. The lowest BCUT2D eigenvalue weighted by molar-refractivity contribution is -0.141. The van der Waals surface area contributed by atoms with Crippen molar-refractivity contribution in [1.29, 1.82) is 0 Å². The van der Waals surface area contributed by atoms with Crippen molar-refractivity contribution >= 4 is 35.4 Å². The van der Waals surface area contributed by atoms with Crippen molar-refractivity contribution < 1.29 is 19.1 Å². The first kappa shape index (κ1) is 14.8. The van der Waals surface area contributed by atoms with Gasteiger partial charge in [-0.3, -0.25) is 4.79 Å². The summed E-state index contributed by atoms with van der Waals surface area (Å²) in [7, 11) is 0. The Hall–Kier alpha value is -1.08. The van der Waals surface area contributed by atoms with Crippen LogP contribution in [0.25, 0.3) is 0 Å². The van der Waals surface area contributed by atoms with Gasteiger partial charge in [0.25, 0.3) is 5.91 Å². The third kappa shape index (κ3) is 2.94. The van der Waals surface area contributed by atoms with E-state index in [1.54, 1.807) is 35.7 Å². The van der Waals surface area contributed by atoms with Gasteiger partial charge in [-0.2, -0.15) is 11.8 Å². The number of hydrogen-bond donors (Lipinski definition) is 1. The Labute approximate surface area is 131 Å². The van der Waals surface area contributed by atoms with Crippen molar-refractivity contribution in [3.63, 3.8) is 0 Å². The number of hydrogen-bond acceptors (Lipinski definition) is 5. The molecule has 1 amide bonds. The second-order valence-corrected chi connectivity index (χ2v) is 7.34. The van der Waals surface area contributed by atoms with Crippen LogP contribution in [0.4, 0.5) is 0 Å². The zero-order chi connectivity index (χ0) is 15.0. The van der Waals surface area contributed by atoms with E-state index < -0.39 is 12.0 Å². The van der Waals surface area contributed by atoms with Crippen LogP contribution >= 0.6 is 23.5 Å². The number of furan rings is 1. The molecule has 7 heteroatoms. The van der Waals surface area contributed by atoms with Crippen molar-refractivity contribution in [2.45, 2.75) is 30.0 Å². The molecule has 2 unspecified atom stereocenters. The second kappa shape index (κ2) is 5.96. The van der Waals surface area contributed by atoms with Crippen LogP contribution in [0.3, 0.4) is 0 Å². The Kier molecular flexibility index (Phi) is 4.21. The number of carboxylic acids is 1. The van der Waals surface area contributed by atoms with Gasteiger partial charge in [0.2, 0.25) is 0 Å². The molecule has 21 heavy (non-hydrogen) atoms. The molecule has 2 fully saturated rings. The Bertz CT molecular complexity index is 555. The van der Waals surface area contributed by atoms with Crippen LogP contribution in [0, 0.1) is 5.92 Å². The van der Waals surface area contributed by atoms with E-state index in [1.807, 2.05) is 6.26 Å². The fraction of sp³-hybridized carbons (Fsp3) is 0.571. The monoisotopic (exact) mass is 327 g/mol. The van der Waals surface area contributed by atoms with Crippen molar-refractivity contribution in [3.8, 4) is 0 Å². The number of amides is 1. The Balaban J connectivity index is 1.82. The van der Waals surface area contributed by atoms with Gasteiger partial charge in [0, 0.05) is 5.75 Å². The van der Waals surface area contributed by atoms with E-state index in [1.165, 1.54) is 4.90 Å². The van der Waals surface area contributed by atoms with Gasteiger partial charge in [-0.15, -0.1) is 11.8 Å². The van der Waals surface area contributed by atoms with Gasteiger partial charge in [-0.1, -0.05) is 0 Å². The zero-order valence-electron chi connectivity index (χ0n) is 11.7. The first-order chi connectivity index (χ1) is 10.1. The molecule has 1 N–H and O–H groups in total. The summed E-state index contributed by atoms with van der Waals surface area (Å²) in [5.41, 5.74) is 0. The molecule has 1 aromatic heterocycles. The molecule has 2 aliphatic rings. The van der Waals surface area contributed by atoms with E-state index in [0.29, 0.717) is 17.4 Å². The van der Waals surface area contributed by atoms with Crippen LogP contribution in [0.15, 0.2) is 16.5 Å². The third-order valence-electron chi connectivity index (χ3n) is 3.74. The standard InChI is InChI=1S/C14H17NO4S2/c1-20-6-9-4-5-11(19-9)12(16)15-10(14(17)18)7-21-13(15)8-2-3-8/h4-5,8,10,13H,2-3,6-7H2,1H3,(H,17,18). The second-order valence-electron chi connectivity index (χ2n) is 5.33. The Morgan fingerprint density at radius 2 is 2.24 bits per heavy atom. The molecule has 1 aliphatic heterocycles. The van der Waals surface area contributed by atoms with Crippen LogP contribution in [0.2, 0.25) is 0 Å². The van der Waals surface area contributed by atoms with Crippen LogP contribution in [0.1, 0.15) is 29.2 Å². The van der Waals surface area contributed by atoms with Crippen molar-refractivity contribution in [2.75, 3.05) is 12.0 Å². The maximum atomic E-state index is 12.7. The van der Waals surface area contributed by atoms with Crippen molar-refractivity contribution in [1.82, 2.24) is 4.90 Å². The Morgan fingerprint density at radius 3 is 2.86 bits per heavy atom. The molecule has 5 nitrogen and oxygen atoms in total. The maximum absolute atomic E-state index is 12.7. The van der Waals surface area contributed by atoms with E-state index >= 15 is 0 Å². The molecule has 114 valence electrons. The normalized spacial score (nSPS) is 25.3. The van der Waals surface area contributed by atoms with Gasteiger partial charge in [0.15, 0.2) is 5.76 Å². The van der Waals surface area contributed by atoms with E-state index in [0.717, 1.165) is 18.6 Å². The Morgan fingerprint density at radius 1 is 1.48 bits per heavy atom. The molecule has 2 atom stereocenters. The summed E-state index contributed by atoms with van der Waals surface area (Å²) < 4.78 is 5.56. The van der Waals surface area contributed by atoms with Gasteiger partial charge >= 0.3 is 5.97 Å². The lowest BCUT2D eigenvalue weighted by atomic mass is 10.2. The third-order valence-corrected chi connectivity index (χ3v) is 5.77. The number of carboxylic acid groups (broad SMARTS) is 1. The predicted octanol–water partition coefficient (Wildman–Crippen LogP) is 2.52. The number of rotatable bonds is 5. The molecular formula is C14H17NO4S2. The summed E-state index contributed by atoms with van der Waals surface area (Å²) in [5, 5.41) is 9.33. The molecular weight excluding hydrogens is 310 g/mol. The van der Waals surface area contributed by atoms with E-state index in [9.17, 15) is 14.7 Å². The molecule has 0 aromatic carbocycles. The van der Waals surface area contributed by atoms with E-state index in [4.69, 9.17) is 4.42 Å². The number of aliphatic carboxylic acids is 1. The highest BCUT2D eigenvalue weighted by Crippen LogP contribution is 2.46. The molecule has 1 aromatic rings. The topological polar surface area (TPSA) is 70.8 Å². The zero-order valence-corrected chi connectivity index (χ0v) is 13.3. The SMILES string of the molecule is CSCc1ccc(C(=O)N2C(C(=O)O)CSC2C2CC2)o1. The summed E-state index contributed by atoms with van der Waals surface area (Å²) in [5.74, 6) is 1.36. The summed E-state index contributed by atoms with van der Waals surface area (Å²) in [6.07, 6.45) is 4.11. The van der Waals surface area contributed by atoms with E-state index in [-0.39, 0.29) is 17.0 Å². The highest BCUT2D eigenvalue weighted by Gasteiger charge is 2.48. The number of thioether (sulfide) groups is 2. The molecule has 1 saturated carbocycles. The quantitative estimate of drug-likeness (QED) is 0.896. The van der Waals surface area contributed by atoms with Gasteiger partial charge in [-0.25, -0.2) is 4.79 Å². The van der Waals surface area contributed by atoms with Gasteiger partial charge in [-0.05, 0) is 37.1 Å². The lowest BCUT2D eigenvalue weighted by Crippen LogP contribution is -2.46. The highest BCUT2D eigenvalue weighted by atomic mass is 32.2. The number of nitrogens with zero attached hydrogens (tertiary/aromatic N) is 1. The number of carbonyl (C=O) groups excluding carboxylic acids is 1. The smallest absolute Gasteiger partial charge is 0.327 e. The molecule has 1 saturated heterocycles. The average Bonchev–Trinajstić information content (AvgIpc) is 3.02. The lowest BCUT2D eigenvalue weighted by Gasteiger charge is -2.26. The minimum Gasteiger partial charge on any atom is -0.480 e. The van der Waals surface area contributed by atoms with Crippen LogP contribution in [-0.2, 0) is 10.5 Å². The molecule has 0 bridgehead atoms. The molecule has 2 heterocycles. The summed E-state index contributed by atoms with van der Waals surface area (Å²) in [6, 6.07) is 2.69. The van der Waals surface area contributed by atoms with Gasteiger partial charge in [0.05, 0.1) is 11.1 Å². The summed E-state index contributed by atoms with van der Waals surface area (Å²) >= 11 is 3.19. The van der Waals surface area contributed by atoms with Crippen molar-refractivity contribution in [2.24, 2.45) is 5.92 Å². The molecule has 1 aliphatic carbocycles. The minimum absolute atomic E-state index is 0.0206. The fourth-order valence-corrected chi connectivity index (χ4v) is 4.63. The molecule has 3 rings (SSSR count). The van der Waals surface area contributed by atoms with Crippen molar-refractivity contribution in [3.05, 3.63) is 23.7 Å². The molecule has 0 spiro atoms. The largest absolute Gasteiger partial charge is 0.480 e. The van der Waals surface area contributed by atoms with Gasteiger partial charge in [0.1, 0.15) is 11.8 Å². The first-order valence-electron chi connectivity index (χ1n) is 6.86. The predicted molar refractivity (Wildman–Crippen MR) is 82.5 cm³/mol. The van der Waals surface area contributed by atoms with E-state index in [2.05, 4.69) is 0 Å². The molecule has 0 radical (unpaired) electrons. The fourth-order valence-electron chi connectivity index (χ4n) is 2.56. The maximum Gasteiger partial charge on any atom is 0.327 e. The summed E-state index contributed by atoms with van der Waals surface area (Å²) in [4.78, 5) is 25.6. The van der Waals surface area contributed by atoms with Crippen LogP contribution in [-0.4, -0.2) is 45.3 Å². The first-order valence-corrected chi connectivity index (χ1v) is 9.31. The van der Waals surface area contributed by atoms with Crippen LogP contribution in [0.5, 0.6) is 0 Å². The summed E-state index contributed by atoms with van der Waals surface area (Å²) in [6.45, 7) is 0. The van der Waals surface area contributed by atoms with Gasteiger partial charge < -0.3 is 14.4 Å². The number of carbonyl (C=O) groups is 2.